The van der Waals surface area contributed by atoms with Crippen LogP contribution in [0.5, 0.6) is 0 Å². The molecule has 0 aliphatic rings. The SMILES string of the molecule is c1ccc(-c2cc3ccc4oc5c(-c6c7ccccc7c(-c7cccc8c7sc7ccccc78)c7ccccc67)cccc5c4c3o2)cc1. The zero-order chi connectivity index (χ0) is 32.1. The number of fused-ring (bicyclic) bond motifs is 10. The molecular weight excluding hydrogens is 617 g/mol. The van der Waals surface area contributed by atoms with E-state index in [-0.39, 0.29) is 0 Å². The monoisotopic (exact) mass is 642 g/mol. The van der Waals surface area contributed by atoms with Crippen LogP contribution in [0.25, 0.3) is 108 Å². The van der Waals surface area contributed by atoms with Gasteiger partial charge in [0.15, 0.2) is 0 Å². The fourth-order valence-corrected chi connectivity index (χ4v) is 9.20. The molecule has 228 valence electrons. The lowest BCUT2D eigenvalue weighted by Gasteiger charge is -2.18. The van der Waals surface area contributed by atoms with Gasteiger partial charge in [0.25, 0.3) is 0 Å². The summed E-state index contributed by atoms with van der Waals surface area (Å²) in [6.07, 6.45) is 0. The van der Waals surface area contributed by atoms with Crippen molar-refractivity contribution in [3.8, 4) is 33.6 Å². The number of benzene rings is 8. The molecule has 49 heavy (non-hydrogen) atoms. The maximum absolute atomic E-state index is 6.81. The number of furan rings is 2. The van der Waals surface area contributed by atoms with Crippen LogP contribution in [-0.4, -0.2) is 0 Å². The van der Waals surface area contributed by atoms with Crippen molar-refractivity contribution >= 4 is 86.0 Å². The maximum Gasteiger partial charge on any atom is 0.146 e. The second kappa shape index (κ2) is 10.2. The van der Waals surface area contributed by atoms with Gasteiger partial charge in [-0.3, -0.25) is 0 Å². The summed E-state index contributed by atoms with van der Waals surface area (Å²) in [7, 11) is 0. The summed E-state index contributed by atoms with van der Waals surface area (Å²) in [6, 6.07) is 56.4. The largest absolute Gasteiger partial charge is 0.455 e. The standard InChI is InChI=1S/C46H26O2S/c1-2-12-27(13-3-1)39-26-28-24-25-38-43(44(28)48-39)36-21-11-20-35(45(36)47-38)41-30-15-4-6-17-32(30)42(33-18-7-5-16-31(33)41)37-22-10-19-34-29-14-8-9-23-40(29)49-46(34)37/h1-26H. The van der Waals surface area contributed by atoms with Gasteiger partial charge in [-0.2, -0.15) is 0 Å². The van der Waals surface area contributed by atoms with Gasteiger partial charge in [0, 0.05) is 53.2 Å². The maximum atomic E-state index is 6.81. The quantitative estimate of drug-likeness (QED) is 0.179. The van der Waals surface area contributed by atoms with E-state index in [0.29, 0.717) is 0 Å². The first kappa shape index (κ1) is 26.9. The minimum atomic E-state index is 0.825. The molecule has 11 rings (SSSR count). The Morgan fingerprint density at radius 1 is 0.408 bits per heavy atom. The predicted octanol–water partition coefficient (Wildman–Crippen LogP) is 14.0. The Morgan fingerprint density at radius 2 is 1.00 bits per heavy atom. The molecule has 3 heteroatoms. The number of para-hydroxylation sites is 1. The summed E-state index contributed by atoms with van der Waals surface area (Å²) in [5.41, 5.74) is 8.42. The molecule has 0 N–H and O–H groups in total. The van der Waals surface area contributed by atoms with Crippen LogP contribution >= 0.6 is 11.3 Å². The number of hydrogen-bond donors (Lipinski definition) is 0. The first-order valence-electron chi connectivity index (χ1n) is 16.6. The molecule has 0 amide bonds. The lowest BCUT2D eigenvalue weighted by atomic mass is 9.85. The number of rotatable bonds is 3. The third-order valence-electron chi connectivity index (χ3n) is 10.1. The predicted molar refractivity (Wildman–Crippen MR) is 208 cm³/mol. The lowest BCUT2D eigenvalue weighted by molar-refractivity contribution is 0.633. The van der Waals surface area contributed by atoms with E-state index in [0.717, 1.165) is 49.8 Å². The molecule has 2 nitrogen and oxygen atoms in total. The summed E-state index contributed by atoms with van der Waals surface area (Å²) in [5.74, 6) is 0.856. The van der Waals surface area contributed by atoms with Crippen LogP contribution in [0.2, 0.25) is 0 Å². The van der Waals surface area contributed by atoms with Crippen LogP contribution in [0.1, 0.15) is 0 Å². The van der Waals surface area contributed by atoms with Crippen LogP contribution in [0, 0.1) is 0 Å². The summed E-state index contributed by atoms with van der Waals surface area (Å²) in [5, 5.41) is 10.6. The zero-order valence-electron chi connectivity index (χ0n) is 26.2. The fourth-order valence-electron chi connectivity index (χ4n) is 7.97. The van der Waals surface area contributed by atoms with Gasteiger partial charge in [-0.05, 0) is 51.4 Å². The number of thiophene rings is 1. The highest BCUT2D eigenvalue weighted by molar-refractivity contribution is 7.26. The fraction of sp³-hybridized carbons (Fsp3) is 0. The Bertz CT molecular complexity index is 3050. The molecule has 3 aromatic heterocycles. The molecule has 0 saturated carbocycles. The van der Waals surface area contributed by atoms with Crippen LogP contribution < -0.4 is 0 Å². The van der Waals surface area contributed by atoms with E-state index in [9.17, 15) is 0 Å². The van der Waals surface area contributed by atoms with Crippen LogP contribution in [0.3, 0.4) is 0 Å². The van der Waals surface area contributed by atoms with E-state index < -0.39 is 0 Å². The van der Waals surface area contributed by atoms with Crippen molar-refractivity contribution in [2.75, 3.05) is 0 Å². The first-order valence-corrected chi connectivity index (χ1v) is 17.4. The van der Waals surface area contributed by atoms with Gasteiger partial charge in [-0.15, -0.1) is 11.3 Å². The van der Waals surface area contributed by atoms with Gasteiger partial charge in [-0.25, -0.2) is 0 Å². The molecule has 8 aromatic carbocycles. The molecular formula is C46H26O2S. The van der Waals surface area contributed by atoms with Crippen molar-refractivity contribution in [1.82, 2.24) is 0 Å². The molecule has 11 aromatic rings. The average Bonchev–Trinajstić information content (AvgIpc) is 3.88. The van der Waals surface area contributed by atoms with Crippen molar-refractivity contribution in [1.29, 1.82) is 0 Å². The highest BCUT2D eigenvalue weighted by Crippen LogP contribution is 2.49. The molecule has 0 aliphatic carbocycles. The van der Waals surface area contributed by atoms with Gasteiger partial charge in [0.2, 0.25) is 0 Å². The van der Waals surface area contributed by atoms with Gasteiger partial charge in [0.1, 0.15) is 22.5 Å². The van der Waals surface area contributed by atoms with E-state index in [1.54, 1.807) is 0 Å². The van der Waals surface area contributed by atoms with E-state index in [2.05, 4.69) is 140 Å². The third kappa shape index (κ3) is 3.82. The normalized spacial score (nSPS) is 12.1. The van der Waals surface area contributed by atoms with E-state index in [1.165, 1.54) is 58.4 Å². The van der Waals surface area contributed by atoms with Crippen LogP contribution in [0.15, 0.2) is 167 Å². The van der Waals surface area contributed by atoms with E-state index in [1.807, 2.05) is 29.5 Å². The average molecular weight is 643 g/mol. The summed E-state index contributed by atoms with van der Waals surface area (Å²) in [4.78, 5) is 0. The summed E-state index contributed by atoms with van der Waals surface area (Å²) < 4.78 is 16.0. The van der Waals surface area contributed by atoms with Crippen LogP contribution in [0.4, 0.5) is 0 Å². The third-order valence-corrected chi connectivity index (χ3v) is 11.3. The van der Waals surface area contributed by atoms with Gasteiger partial charge >= 0.3 is 0 Å². The van der Waals surface area contributed by atoms with Crippen molar-refractivity contribution in [3.63, 3.8) is 0 Å². The molecule has 0 fully saturated rings. The highest BCUT2D eigenvalue weighted by Gasteiger charge is 2.23. The van der Waals surface area contributed by atoms with Crippen molar-refractivity contribution in [2.24, 2.45) is 0 Å². The van der Waals surface area contributed by atoms with Gasteiger partial charge in [0.05, 0.1) is 5.39 Å². The minimum absolute atomic E-state index is 0.825. The number of hydrogen-bond acceptors (Lipinski definition) is 3. The molecule has 3 heterocycles. The zero-order valence-corrected chi connectivity index (χ0v) is 27.1. The summed E-state index contributed by atoms with van der Waals surface area (Å²) in [6.45, 7) is 0. The van der Waals surface area contributed by atoms with Crippen molar-refractivity contribution < 1.29 is 8.83 Å². The molecule has 0 radical (unpaired) electrons. The Labute approximate surface area is 285 Å². The van der Waals surface area contributed by atoms with E-state index in [4.69, 9.17) is 8.83 Å². The molecule has 0 saturated heterocycles. The Kier molecular flexibility index (Phi) is 5.57. The topological polar surface area (TPSA) is 26.3 Å². The second-order valence-corrected chi connectivity index (χ2v) is 13.8. The Balaban J connectivity index is 1.22. The Morgan fingerprint density at radius 3 is 1.73 bits per heavy atom. The Hall–Kier alpha value is -6.16. The molecule has 0 aliphatic heterocycles. The smallest absolute Gasteiger partial charge is 0.146 e. The molecule has 0 atom stereocenters. The van der Waals surface area contributed by atoms with Crippen molar-refractivity contribution in [3.05, 3.63) is 158 Å². The minimum Gasteiger partial charge on any atom is -0.455 e. The summed E-state index contributed by atoms with van der Waals surface area (Å²) >= 11 is 1.88. The van der Waals surface area contributed by atoms with E-state index >= 15 is 0 Å². The van der Waals surface area contributed by atoms with Crippen molar-refractivity contribution in [2.45, 2.75) is 0 Å². The highest BCUT2D eigenvalue weighted by atomic mass is 32.1. The van der Waals surface area contributed by atoms with Gasteiger partial charge < -0.3 is 8.83 Å². The molecule has 0 bridgehead atoms. The first-order chi connectivity index (χ1) is 24.3. The van der Waals surface area contributed by atoms with Gasteiger partial charge in [-0.1, -0.05) is 133 Å². The molecule has 0 unspecified atom stereocenters. The molecule has 0 spiro atoms. The second-order valence-electron chi connectivity index (χ2n) is 12.7. The van der Waals surface area contributed by atoms with Crippen LogP contribution in [-0.2, 0) is 0 Å². The lowest BCUT2D eigenvalue weighted by Crippen LogP contribution is -1.91.